The Labute approximate surface area is 310 Å². The molecule has 2 aromatic carbocycles. The lowest BCUT2D eigenvalue weighted by Gasteiger charge is -2.36. The Hall–Kier alpha value is -4.48. The van der Waals surface area contributed by atoms with Crippen LogP contribution in [0.1, 0.15) is 71.9 Å². The molecule has 0 unspecified atom stereocenters. The summed E-state index contributed by atoms with van der Waals surface area (Å²) in [4.78, 5) is 45.5. The van der Waals surface area contributed by atoms with Crippen molar-refractivity contribution in [3.63, 3.8) is 0 Å². The van der Waals surface area contributed by atoms with E-state index in [2.05, 4.69) is 36.2 Å². The second-order valence-corrected chi connectivity index (χ2v) is 16.1. The van der Waals surface area contributed by atoms with Crippen LogP contribution in [-0.2, 0) is 27.5 Å². The van der Waals surface area contributed by atoms with Gasteiger partial charge in [-0.25, -0.2) is 19.0 Å². The van der Waals surface area contributed by atoms with Gasteiger partial charge in [0, 0.05) is 23.1 Å². The van der Waals surface area contributed by atoms with Crippen molar-refractivity contribution in [3.05, 3.63) is 70.2 Å². The monoisotopic (exact) mass is 754 g/mol. The zero-order valence-corrected chi connectivity index (χ0v) is 31.3. The summed E-state index contributed by atoms with van der Waals surface area (Å²) in [7, 11) is 0. The third-order valence-corrected chi connectivity index (χ3v) is 8.96. The average Bonchev–Trinajstić information content (AvgIpc) is 3.85. The Morgan fingerprint density at radius 3 is 1.63 bits per heavy atom. The van der Waals surface area contributed by atoms with E-state index in [9.17, 15) is 19.8 Å². The Kier molecular flexibility index (Phi) is 11.4. The van der Waals surface area contributed by atoms with Gasteiger partial charge in [-0.1, -0.05) is 74.4 Å². The van der Waals surface area contributed by atoms with Crippen LogP contribution in [0.5, 0.6) is 0 Å². The Morgan fingerprint density at radius 2 is 1.25 bits per heavy atom. The lowest BCUT2D eigenvalue weighted by molar-refractivity contribution is -0.800. The number of amides is 3. The summed E-state index contributed by atoms with van der Waals surface area (Å²) in [5, 5.41) is 50.7. The minimum atomic E-state index is -1.68. The highest BCUT2D eigenvalue weighted by atomic mass is 35.5. The van der Waals surface area contributed by atoms with Gasteiger partial charge in [-0.2, -0.15) is 0 Å². The fourth-order valence-corrected chi connectivity index (χ4v) is 6.66. The number of aliphatic hydroxyl groups is 2. The molecule has 2 aromatic heterocycles. The summed E-state index contributed by atoms with van der Waals surface area (Å²) in [6, 6.07) is 8.53. The highest BCUT2D eigenvalue weighted by molar-refractivity contribution is 6.31. The van der Waals surface area contributed by atoms with E-state index in [0.29, 0.717) is 32.5 Å². The van der Waals surface area contributed by atoms with Gasteiger partial charge in [-0.15, -0.1) is 10.2 Å². The molecule has 0 saturated heterocycles. The van der Waals surface area contributed by atoms with Crippen LogP contribution in [-0.4, -0.2) is 102 Å². The van der Waals surface area contributed by atoms with Crippen molar-refractivity contribution in [3.8, 4) is 11.4 Å². The number of halogens is 2. The molecule has 2 N–H and O–H groups in total. The Morgan fingerprint density at radius 1 is 0.808 bits per heavy atom. The number of hydrogen-bond donors (Lipinski definition) is 2. The van der Waals surface area contributed by atoms with Gasteiger partial charge < -0.3 is 15.1 Å². The maximum absolute atomic E-state index is 15.2. The summed E-state index contributed by atoms with van der Waals surface area (Å²) >= 11 is 12.9. The fourth-order valence-electron chi connectivity index (χ4n) is 6.27. The second kappa shape index (κ2) is 15.2. The first-order chi connectivity index (χ1) is 24.4. The molecule has 3 amide bonds. The molecule has 3 atom stereocenters. The van der Waals surface area contributed by atoms with Gasteiger partial charge in [0.2, 0.25) is 6.04 Å². The lowest BCUT2D eigenvalue weighted by atomic mass is 9.87. The number of carbonyl (C=O) groups is 3. The number of nitrogens with zero attached hydrogens (tertiary/aromatic N) is 11. The van der Waals surface area contributed by atoms with Crippen molar-refractivity contribution in [1.29, 1.82) is 0 Å². The maximum Gasteiger partial charge on any atom is 0.376 e. The number of benzene rings is 2. The van der Waals surface area contributed by atoms with Crippen LogP contribution >= 0.6 is 23.2 Å². The Balaban J connectivity index is 1.65. The number of aromatic nitrogens is 8. The molecule has 52 heavy (non-hydrogen) atoms. The van der Waals surface area contributed by atoms with Crippen molar-refractivity contribution in [2.45, 2.75) is 92.1 Å². The van der Waals surface area contributed by atoms with Gasteiger partial charge >= 0.3 is 11.8 Å². The van der Waals surface area contributed by atoms with E-state index in [1.165, 1.54) is 33.1 Å². The maximum atomic E-state index is 15.2. The molecular weight excluding hydrogens is 713 g/mol. The molecule has 16 nitrogen and oxygen atoms in total. The standard InChI is InChI=1S/C34H42Cl2N11O5/c1-33(2,3)15-28(48)31(51)47(32(52)29(49)16-34(4,5)6)27(11-12-39-47)30(50)44(17-21-13-23(35)7-9-25(21)45-19-37-40-42-45)18-22-14-24(36)8-10-26(22)46-20-38-41-43-46/h7-10,12-14,19-20,27-29,48-49H,11,15-18H2,1-6H3/q+1/t27-,28+,29+/m0/s1. The van der Waals surface area contributed by atoms with Crippen LogP contribution in [0.25, 0.3) is 11.4 Å². The zero-order chi connectivity index (χ0) is 38.0. The molecule has 0 bridgehead atoms. The number of tetrazole rings is 2. The van der Waals surface area contributed by atoms with Gasteiger partial charge in [-0.05, 0) is 92.1 Å². The molecule has 18 heteroatoms. The first kappa shape index (κ1) is 38.7. The lowest BCUT2D eigenvalue weighted by Crippen LogP contribution is -2.67. The summed E-state index contributed by atoms with van der Waals surface area (Å²) in [5.74, 6) is -2.68. The van der Waals surface area contributed by atoms with Crippen molar-refractivity contribution < 1.29 is 29.2 Å². The minimum absolute atomic E-state index is 0.0236. The number of aliphatic hydroxyl groups excluding tert-OH is 2. The van der Waals surface area contributed by atoms with Gasteiger partial charge in [0.1, 0.15) is 12.7 Å². The molecule has 0 spiro atoms. The molecule has 0 radical (unpaired) electrons. The molecule has 4 aromatic rings. The van der Waals surface area contributed by atoms with E-state index in [1.807, 2.05) is 41.5 Å². The van der Waals surface area contributed by atoms with Crippen molar-refractivity contribution in [2.75, 3.05) is 0 Å². The smallest absolute Gasteiger partial charge is 0.376 e. The van der Waals surface area contributed by atoms with Crippen LogP contribution < -0.4 is 0 Å². The van der Waals surface area contributed by atoms with Crippen LogP contribution in [0.2, 0.25) is 10.0 Å². The number of quaternary nitrogens is 1. The van der Waals surface area contributed by atoms with Gasteiger partial charge in [-0.3, -0.25) is 4.79 Å². The van der Waals surface area contributed by atoms with E-state index in [0.717, 1.165) is 0 Å². The van der Waals surface area contributed by atoms with Gasteiger partial charge in [0.25, 0.3) is 5.91 Å². The molecule has 3 heterocycles. The molecule has 0 aliphatic carbocycles. The number of hydrogen-bond acceptors (Lipinski definition) is 12. The zero-order valence-electron chi connectivity index (χ0n) is 29.8. The van der Waals surface area contributed by atoms with E-state index in [1.54, 1.807) is 36.4 Å². The average molecular weight is 756 g/mol. The van der Waals surface area contributed by atoms with E-state index < -0.39 is 51.4 Å². The quantitative estimate of drug-likeness (QED) is 0.212. The minimum Gasteiger partial charge on any atom is -0.379 e. The second-order valence-electron chi connectivity index (χ2n) is 15.2. The van der Waals surface area contributed by atoms with E-state index in [-0.39, 0.29) is 32.4 Å². The van der Waals surface area contributed by atoms with E-state index >= 15 is 4.79 Å². The largest absolute Gasteiger partial charge is 0.379 e. The number of imide groups is 1. The number of carbonyl (C=O) groups excluding carboxylic acids is 3. The third kappa shape index (κ3) is 8.58. The predicted molar refractivity (Wildman–Crippen MR) is 190 cm³/mol. The molecule has 0 fully saturated rings. The van der Waals surface area contributed by atoms with Crippen LogP contribution in [0.15, 0.2) is 54.2 Å². The first-order valence-corrected chi connectivity index (χ1v) is 17.4. The SMILES string of the molecule is CC(C)(C)C[C@@H](O)C(=O)[N+]1(C(=O)[C@H](O)CC(C)(C)C)N=CC[C@H]1C(=O)N(Cc1cc(Cl)ccc1-n1cnnn1)Cc1cc(Cl)ccc1-n1cnnn1. The van der Waals surface area contributed by atoms with Crippen LogP contribution in [0.3, 0.4) is 0 Å². The molecule has 276 valence electrons. The van der Waals surface area contributed by atoms with Crippen LogP contribution in [0.4, 0.5) is 0 Å². The highest BCUT2D eigenvalue weighted by Crippen LogP contribution is 2.35. The molecular formula is C34H42Cl2N11O5+. The molecule has 1 aliphatic rings. The molecule has 5 rings (SSSR count). The Bertz CT molecular complexity index is 1820. The summed E-state index contributed by atoms with van der Waals surface area (Å²) in [6.45, 7) is 10.8. The van der Waals surface area contributed by atoms with Crippen molar-refractivity contribution in [2.24, 2.45) is 15.9 Å². The fraction of sp³-hybridized carbons (Fsp3) is 0.471. The number of rotatable bonds is 11. The van der Waals surface area contributed by atoms with Crippen molar-refractivity contribution >= 4 is 47.1 Å². The topological polar surface area (TPSA) is 194 Å². The normalized spacial score (nSPS) is 16.8. The molecule has 1 aliphatic heterocycles. The van der Waals surface area contributed by atoms with Gasteiger partial charge in [0.05, 0.1) is 24.0 Å². The summed E-state index contributed by atoms with van der Waals surface area (Å²) < 4.78 is 1.39. The van der Waals surface area contributed by atoms with Crippen molar-refractivity contribution in [1.82, 2.24) is 45.3 Å². The van der Waals surface area contributed by atoms with Gasteiger partial charge in [0.15, 0.2) is 12.2 Å². The summed E-state index contributed by atoms with van der Waals surface area (Å²) in [5.41, 5.74) is 1.01. The third-order valence-electron chi connectivity index (χ3n) is 8.49. The summed E-state index contributed by atoms with van der Waals surface area (Å²) in [6.07, 6.45) is 0.566. The first-order valence-electron chi connectivity index (χ1n) is 16.6. The van der Waals surface area contributed by atoms with Crippen LogP contribution in [0, 0.1) is 10.8 Å². The predicted octanol–water partition coefficient (Wildman–Crippen LogP) is 3.70. The molecule has 0 saturated carbocycles. The van der Waals surface area contributed by atoms with E-state index in [4.69, 9.17) is 23.2 Å². The highest BCUT2D eigenvalue weighted by Gasteiger charge is 2.62.